The van der Waals surface area contributed by atoms with Gasteiger partial charge in [0.15, 0.2) is 0 Å². The molecule has 1 rings (SSSR count). The largest absolute Gasteiger partial charge is 0.481 e. The van der Waals surface area contributed by atoms with Crippen molar-refractivity contribution >= 4 is 23.9 Å². The first-order valence-corrected chi connectivity index (χ1v) is 6.19. The van der Waals surface area contributed by atoms with Crippen molar-refractivity contribution in [3.05, 3.63) is 0 Å². The van der Waals surface area contributed by atoms with Crippen molar-refractivity contribution in [3.8, 4) is 0 Å². The molecule has 1 aliphatic rings. The van der Waals surface area contributed by atoms with Crippen LogP contribution in [-0.2, 0) is 14.4 Å². The van der Waals surface area contributed by atoms with Crippen LogP contribution in [0.15, 0.2) is 0 Å². The highest BCUT2D eigenvalue weighted by Gasteiger charge is 2.51. The van der Waals surface area contributed by atoms with Crippen LogP contribution in [0.1, 0.15) is 19.3 Å². The van der Waals surface area contributed by atoms with E-state index in [0.29, 0.717) is 0 Å². The minimum absolute atomic E-state index is 0.0403. The minimum atomic E-state index is -1.80. The van der Waals surface area contributed by atoms with Crippen LogP contribution in [0.2, 0.25) is 0 Å². The van der Waals surface area contributed by atoms with E-state index in [1.165, 1.54) is 0 Å². The smallest absolute Gasteiger partial charge is 0.326 e. The van der Waals surface area contributed by atoms with Crippen molar-refractivity contribution in [2.75, 3.05) is 13.1 Å². The number of hydrogen-bond acceptors (Lipinski definition) is 5. The van der Waals surface area contributed by atoms with E-state index in [4.69, 9.17) is 21.1 Å². The summed E-state index contributed by atoms with van der Waals surface area (Å²) in [5.74, 6) is -3.74. The monoisotopic (exact) mass is 303 g/mol. The van der Waals surface area contributed by atoms with Gasteiger partial charge in [-0.1, -0.05) is 0 Å². The van der Waals surface area contributed by atoms with E-state index in [1.54, 1.807) is 0 Å². The lowest BCUT2D eigenvalue weighted by Crippen LogP contribution is -2.52. The molecule has 0 aromatic heterocycles. The Balaban J connectivity index is 2.66. The van der Waals surface area contributed by atoms with Crippen molar-refractivity contribution in [3.63, 3.8) is 0 Å². The van der Waals surface area contributed by atoms with Crippen LogP contribution in [-0.4, -0.2) is 68.8 Å². The van der Waals surface area contributed by atoms with Crippen LogP contribution < -0.4 is 11.1 Å². The predicted octanol–water partition coefficient (Wildman–Crippen LogP) is -1.50. The van der Waals surface area contributed by atoms with Gasteiger partial charge in [-0.05, 0) is 6.42 Å². The van der Waals surface area contributed by atoms with Gasteiger partial charge in [0.25, 0.3) is 0 Å². The van der Waals surface area contributed by atoms with Gasteiger partial charge < -0.3 is 31.3 Å². The summed E-state index contributed by atoms with van der Waals surface area (Å²) in [6.45, 7) is -0.386. The van der Waals surface area contributed by atoms with Gasteiger partial charge in [0, 0.05) is 19.4 Å². The molecular weight excluding hydrogens is 286 g/mol. The number of nitrogens with two attached hydrogens (primary N) is 1. The third-order valence-corrected chi connectivity index (χ3v) is 3.20. The molecule has 6 N–H and O–H groups in total. The molecule has 1 heterocycles. The zero-order valence-corrected chi connectivity index (χ0v) is 11.1. The predicted molar refractivity (Wildman–Crippen MR) is 67.6 cm³/mol. The number of hydrogen-bond donors (Lipinski definition) is 5. The van der Waals surface area contributed by atoms with Crippen molar-refractivity contribution in [1.82, 2.24) is 10.2 Å². The van der Waals surface area contributed by atoms with E-state index in [-0.39, 0.29) is 25.8 Å². The number of carbonyl (C=O) groups excluding carboxylic acids is 1. The Morgan fingerprint density at radius 3 is 2.33 bits per heavy atom. The zero-order chi connectivity index (χ0) is 16.2. The average Bonchev–Trinajstić information content (AvgIpc) is 2.74. The maximum absolute atomic E-state index is 11.9. The minimum Gasteiger partial charge on any atom is -0.481 e. The third-order valence-electron chi connectivity index (χ3n) is 3.20. The Labute approximate surface area is 119 Å². The molecule has 0 aliphatic carbocycles. The maximum atomic E-state index is 11.9. The molecule has 118 valence electrons. The number of rotatable bonds is 6. The van der Waals surface area contributed by atoms with Gasteiger partial charge in [-0.2, -0.15) is 0 Å². The highest BCUT2D eigenvalue weighted by atomic mass is 16.4. The van der Waals surface area contributed by atoms with Gasteiger partial charge in [-0.15, -0.1) is 0 Å². The Morgan fingerprint density at radius 1 is 1.24 bits per heavy atom. The van der Waals surface area contributed by atoms with E-state index in [0.717, 1.165) is 4.90 Å². The molecule has 10 nitrogen and oxygen atoms in total. The number of nitrogens with one attached hydrogen (secondary N) is 1. The molecule has 1 saturated heterocycles. The van der Waals surface area contributed by atoms with E-state index in [2.05, 4.69) is 5.32 Å². The van der Waals surface area contributed by atoms with Crippen molar-refractivity contribution in [1.29, 1.82) is 0 Å². The van der Waals surface area contributed by atoms with E-state index in [1.807, 2.05) is 0 Å². The molecule has 1 fully saturated rings. The average molecular weight is 303 g/mol. The number of aliphatic carboxylic acids is 3. The molecular formula is C11H17N3O7. The van der Waals surface area contributed by atoms with Crippen molar-refractivity contribution in [2.45, 2.75) is 30.8 Å². The van der Waals surface area contributed by atoms with Gasteiger partial charge in [-0.3, -0.25) is 9.59 Å². The van der Waals surface area contributed by atoms with Gasteiger partial charge in [-0.25, -0.2) is 9.59 Å². The normalized spacial score (nSPS) is 24.6. The van der Waals surface area contributed by atoms with Gasteiger partial charge >= 0.3 is 23.9 Å². The fourth-order valence-electron chi connectivity index (χ4n) is 2.06. The second kappa shape index (κ2) is 6.39. The van der Waals surface area contributed by atoms with Crippen molar-refractivity contribution < 1.29 is 34.5 Å². The summed E-state index contributed by atoms with van der Waals surface area (Å²) in [6, 6.07) is -2.10. The van der Waals surface area contributed by atoms with E-state index >= 15 is 0 Å². The van der Waals surface area contributed by atoms with Gasteiger partial charge in [0.05, 0.1) is 6.54 Å². The summed E-state index contributed by atoms with van der Waals surface area (Å²) in [4.78, 5) is 45.2. The molecule has 0 radical (unpaired) electrons. The lowest BCUT2D eigenvalue weighted by atomic mass is 9.98. The number of nitrogens with zero attached hydrogens (tertiary/aromatic N) is 1. The number of carboxylic acid groups (broad SMARTS) is 3. The molecule has 0 bridgehead atoms. The number of amides is 2. The standard InChI is InChI=1S/C11H17N3O7/c12-11(9(19)20)4-6(8(17)18)14(5-11)10(21)13-3-1-2-7(15)16/h6H,1-5,12H2,(H,13,21)(H,15,16)(H,17,18)(H,19,20)/t6-,11-/m0/s1. The van der Waals surface area contributed by atoms with Crippen molar-refractivity contribution in [2.24, 2.45) is 5.73 Å². The summed E-state index contributed by atoms with van der Waals surface area (Å²) in [5, 5.41) is 28.9. The molecule has 0 aromatic rings. The molecule has 2 atom stereocenters. The fraction of sp³-hybridized carbons (Fsp3) is 0.636. The Kier molecular flexibility index (Phi) is 5.08. The molecule has 0 saturated carbocycles. The first-order chi connectivity index (χ1) is 9.67. The van der Waals surface area contributed by atoms with E-state index < -0.39 is 42.1 Å². The second-order valence-electron chi connectivity index (χ2n) is 4.88. The first kappa shape index (κ1) is 16.7. The molecule has 0 aromatic carbocycles. The second-order valence-corrected chi connectivity index (χ2v) is 4.88. The molecule has 10 heteroatoms. The lowest BCUT2D eigenvalue weighted by molar-refractivity contribution is -0.143. The summed E-state index contributed by atoms with van der Waals surface area (Å²) in [7, 11) is 0. The van der Waals surface area contributed by atoms with Crippen LogP contribution >= 0.6 is 0 Å². The maximum Gasteiger partial charge on any atom is 0.326 e. The lowest BCUT2D eigenvalue weighted by Gasteiger charge is -2.22. The van der Waals surface area contributed by atoms with Crippen LogP contribution in [0.3, 0.4) is 0 Å². The Bertz CT molecular complexity index is 467. The summed E-state index contributed by atoms with van der Waals surface area (Å²) < 4.78 is 0. The fourth-order valence-corrected chi connectivity index (χ4v) is 2.06. The molecule has 0 unspecified atom stereocenters. The first-order valence-electron chi connectivity index (χ1n) is 6.19. The SMILES string of the molecule is N[C@@]1(C(=O)O)C[C@@H](C(=O)O)N(C(=O)NCCCC(=O)O)C1. The Morgan fingerprint density at radius 2 is 1.86 bits per heavy atom. The van der Waals surface area contributed by atoms with Crippen LogP contribution in [0.25, 0.3) is 0 Å². The van der Waals surface area contributed by atoms with Crippen LogP contribution in [0.5, 0.6) is 0 Å². The number of carboxylic acids is 3. The van der Waals surface area contributed by atoms with Gasteiger partial charge in [0.2, 0.25) is 0 Å². The summed E-state index contributed by atoms with van der Waals surface area (Å²) >= 11 is 0. The van der Waals surface area contributed by atoms with Gasteiger partial charge in [0.1, 0.15) is 11.6 Å². The summed E-state index contributed by atoms with van der Waals surface area (Å²) in [6.07, 6.45) is -0.349. The topological polar surface area (TPSA) is 170 Å². The number of likely N-dealkylation sites (tertiary alicyclic amines) is 1. The Hall–Kier alpha value is -2.36. The molecule has 0 spiro atoms. The quantitative estimate of drug-likeness (QED) is 0.369. The number of carbonyl (C=O) groups is 4. The molecule has 21 heavy (non-hydrogen) atoms. The zero-order valence-electron chi connectivity index (χ0n) is 11.1. The summed E-state index contributed by atoms with van der Waals surface area (Å²) in [5.41, 5.74) is 3.79. The third kappa shape index (κ3) is 4.05. The molecule has 2 amide bonds. The number of urea groups is 1. The van der Waals surface area contributed by atoms with Crippen LogP contribution in [0.4, 0.5) is 4.79 Å². The van der Waals surface area contributed by atoms with Crippen LogP contribution in [0, 0.1) is 0 Å². The van der Waals surface area contributed by atoms with E-state index in [9.17, 15) is 19.2 Å². The molecule has 1 aliphatic heterocycles. The highest BCUT2D eigenvalue weighted by molar-refractivity contribution is 5.88. The highest BCUT2D eigenvalue weighted by Crippen LogP contribution is 2.25.